The first kappa shape index (κ1) is 7.21. The van der Waals surface area contributed by atoms with Gasteiger partial charge in [0.2, 0.25) is 5.96 Å². The van der Waals surface area contributed by atoms with Crippen LogP contribution in [0.3, 0.4) is 0 Å². The highest BCUT2D eigenvalue weighted by molar-refractivity contribution is 5.98. The fourth-order valence-electron chi connectivity index (χ4n) is 0.774. The van der Waals surface area contributed by atoms with Crippen molar-refractivity contribution in [1.29, 1.82) is 0 Å². The molecule has 56 valence electrons. The van der Waals surface area contributed by atoms with E-state index in [1.165, 1.54) is 0 Å². The van der Waals surface area contributed by atoms with Crippen molar-refractivity contribution >= 4 is 11.7 Å². The Labute approximate surface area is 59.5 Å². The number of rotatable bonds is 0. The Kier molecular flexibility index (Phi) is 1.72. The summed E-state index contributed by atoms with van der Waals surface area (Å²) in [5.74, 6) is 0.162. The zero-order chi connectivity index (χ0) is 7.72. The van der Waals surface area contributed by atoms with Gasteiger partial charge >= 0.3 is 0 Å². The lowest BCUT2D eigenvalue weighted by atomic mass is 10.1. The average Bonchev–Trinajstić information content (AvgIpc) is 1.82. The predicted molar refractivity (Wildman–Crippen MR) is 39.9 cm³/mol. The molecule has 0 aromatic heterocycles. The molecule has 0 radical (unpaired) electrons. The van der Waals surface area contributed by atoms with Crippen LogP contribution in [0.25, 0.3) is 0 Å². The molecule has 0 aliphatic carbocycles. The molecule has 4 heteroatoms. The lowest BCUT2D eigenvalue weighted by Crippen LogP contribution is -2.30. The summed E-state index contributed by atoms with van der Waals surface area (Å²) in [7, 11) is 0. The summed E-state index contributed by atoms with van der Waals surface area (Å²) in [6.07, 6.45) is -0.711. The van der Waals surface area contributed by atoms with Gasteiger partial charge in [-0.1, -0.05) is 6.92 Å². The lowest BCUT2D eigenvalue weighted by Gasteiger charge is -2.18. The molecule has 0 aromatic rings. The summed E-state index contributed by atoms with van der Waals surface area (Å²) in [5, 5.41) is 9.17. The van der Waals surface area contributed by atoms with E-state index >= 15 is 0 Å². The Bertz CT molecular complexity index is 197. The van der Waals surface area contributed by atoms with E-state index in [-0.39, 0.29) is 11.9 Å². The molecule has 0 saturated heterocycles. The number of aliphatic hydroxyl groups is 1. The number of hydrogen-bond donors (Lipinski definition) is 2. The molecule has 2 atom stereocenters. The maximum atomic E-state index is 9.17. The van der Waals surface area contributed by atoms with Crippen LogP contribution in [0.1, 0.15) is 13.8 Å². The topological polar surface area (TPSA) is 71.0 Å². The second-order valence-corrected chi connectivity index (χ2v) is 2.44. The van der Waals surface area contributed by atoms with E-state index in [2.05, 4.69) is 9.98 Å². The van der Waals surface area contributed by atoms with Gasteiger partial charge in [-0.15, -0.1) is 0 Å². The molecule has 0 aromatic carbocycles. The van der Waals surface area contributed by atoms with E-state index in [4.69, 9.17) is 5.73 Å². The molecular weight excluding hydrogens is 130 g/mol. The van der Waals surface area contributed by atoms with Crippen LogP contribution in [0.5, 0.6) is 0 Å². The first-order valence-corrected chi connectivity index (χ1v) is 3.18. The molecule has 0 bridgehead atoms. The van der Waals surface area contributed by atoms with Gasteiger partial charge in [-0.05, 0) is 6.92 Å². The number of aliphatic imine (C=N–C) groups is 2. The normalized spacial score (nSPS) is 33.1. The predicted octanol–water partition coefficient (Wildman–Crippen LogP) is -0.270. The molecule has 0 amide bonds. The highest BCUT2D eigenvalue weighted by Crippen LogP contribution is 2.10. The van der Waals surface area contributed by atoms with E-state index in [0.717, 1.165) is 5.71 Å². The van der Waals surface area contributed by atoms with Gasteiger partial charge < -0.3 is 10.8 Å². The molecule has 0 saturated carbocycles. The number of guanidine groups is 1. The molecule has 10 heavy (non-hydrogen) atoms. The maximum Gasteiger partial charge on any atom is 0.217 e. The van der Waals surface area contributed by atoms with E-state index in [0.29, 0.717) is 0 Å². The molecule has 1 aliphatic rings. The molecule has 4 nitrogen and oxygen atoms in total. The van der Waals surface area contributed by atoms with Crippen molar-refractivity contribution in [2.45, 2.75) is 20.1 Å². The second kappa shape index (κ2) is 2.38. The molecule has 3 N–H and O–H groups in total. The standard InChI is InChI=1S/C6H11N3O/c1-3-4(2)8-6(7)9-5(3)10/h3,5,10H,1-2H3,(H2,7,9)/t3-,5+/m1/s1. The maximum absolute atomic E-state index is 9.17. The average molecular weight is 141 g/mol. The van der Waals surface area contributed by atoms with Crippen molar-refractivity contribution in [3.63, 3.8) is 0 Å². The zero-order valence-electron chi connectivity index (χ0n) is 6.07. The molecule has 0 fully saturated rings. The smallest absolute Gasteiger partial charge is 0.217 e. The molecule has 1 aliphatic heterocycles. The summed E-state index contributed by atoms with van der Waals surface area (Å²) in [6, 6.07) is 0. The number of aliphatic hydroxyl groups excluding tert-OH is 1. The Balaban J connectivity index is 2.85. The minimum absolute atomic E-state index is 0.00713. The summed E-state index contributed by atoms with van der Waals surface area (Å²) in [4.78, 5) is 7.58. The van der Waals surface area contributed by atoms with Crippen LogP contribution in [0.15, 0.2) is 9.98 Å². The minimum Gasteiger partial charge on any atom is -0.371 e. The Morgan fingerprint density at radius 2 is 2.20 bits per heavy atom. The largest absolute Gasteiger partial charge is 0.371 e. The van der Waals surface area contributed by atoms with Crippen molar-refractivity contribution < 1.29 is 5.11 Å². The number of hydrogen-bond acceptors (Lipinski definition) is 4. The molecular formula is C6H11N3O. The van der Waals surface area contributed by atoms with Crippen LogP contribution < -0.4 is 5.73 Å². The van der Waals surface area contributed by atoms with E-state index in [1.54, 1.807) is 0 Å². The quantitative estimate of drug-likeness (QED) is 0.487. The Morgan fingerprint density at radius 3 is 2.70 bits per heavy atom. The third-order valence-electron chi connectivity index (χ3n) is 1.66. The highest BCUT2D eigenvalue weighted by atomic mass is 16.3. The van der Waals surface area contributed by atoms with Crippen LogP contribution >= 0.6 is 0 Å². The molecule has 0 unspecified atom stereocenters. The van der Waals surface area contributed by atoms with Gasteiger partial charge in [-0.2, -0.15) is 0 Å². The minimum atomic E-state index is -0.711. The molecule has 0 spiro atoms. The van der Waals surface area contributed by atoms with Crippen molar-refractivity contribution in [2.24, 2.45) is 21.6 Å². The monoisotopic (exact) mass is 141 g/mol. The number of nitrogens with zero attached hydrogens (tertiary/aromatic N) is 2. The Morgan fingerprint density at radius 1 is 1.60 bits per heavy atom. The Hall–Kier alpha value is -0.900. The van der Waals surface area contributed by atoms with Gasteiger partial charge in [0.15, 0.2) is 6.23 Å². The second-order valence-electron chi connectivity index (χ2n) is 2.44. The first-order valence-electron chi connectivity index (χ1n) is 3.18. The van der Waals surface area contributed by atoms with Crippen LogP contribution in [-0.2, 0) is 0 Å². The van der Waals surface area contributed by atoms with Gasteiger partial charge in [0.1, 0.15) is 0 Å². The van der Waals surface area contributed by atoms with Crippen molar-refractivity contribution in [1.82, 2.24) is 0 Å². The van der Waals surface area contributed by atoms with E-state index in [1.807, 2.05) is 13.8 Å². The first-order chi connectivity index (χ1) is 4.61. The van der Waals surface area contributed by atoms with Crippen LogP contribution in [0.2, 0.25) is 0 Å². The SMILES string of the molecule is CC1=NC(N)=N[C@@H](O)[C@@H]1C. The molecule has 1 rings (SSSR count). The third kappa shape index (κ3) is 1.16. The lowest BCUT2D eigenvalue weighted by molar-refractivity contribution is 0.153. The third-order valence-corrected chi connectivity index (χ3v) is 1.66. The van der Waals surface area contributed by atoms with E-state index in [9.17, 15) is 5.11 Å². The summed E-state index contributed by atoms with van der Waals surface area (Å²) < 4.78 is 0. The van der Waals surface area contributed by atoms with Crippen molar-refractivity contribution in [3.05, 3.63) is 0 Å². The molecule has 1 heterocycles. The fraction of sp³-hybridized carbons (Fsp3) is 0.667. The zero-order valence-corrected chi connectivity index (χ0v) is 6.07. The van der Waals surface area contributed by atoms with Crippen molar-refractivity contribution in [2.75, 3.05) is 0 Å². The van der Waals surface area contributed by atoms with Crippen LogP contribution in [-0.4, -0.2) is 23.0 Å². The summed E-state index contributed by atoms with van der Waals surface area (Å²) in [5.41, 5.74) is 6.11. The van der Waals surface area contributed by atoms with Gasteiger partial charge in [0.05, 0.1) is 0 Å². The van der Waals surface area contributed by atoms with Gasteiger partial charge in [0.25, 0.3) is 0 Å². The van der Waals surface area contributed by atoms with Crippen LogP contribution in [0, 0.1) is 5.92 Å². The number of nitrogens with two attached hydrogens (primary N) is 1. The fourth-order valence-corrected chi connectivity index (χ4v) is 0.774. The summed E-state index contributed by atoms with van der Waals surface area (Å²) >= 11 is 0. The highest BCUT2D eigenvalue weighted by Gasteiger charge is 2.20. The van der Waals surface area contributed by atoms with Gasteiger partial charge in [0, 0.05) is 11.6 Å². The van der Waals surface area contributed by atoms with E-state index < -0.39 is 6.23 Å². The van der Waals surface area contributed by atoms with Gasteiger partial charge in [-0.25, -0.2) is 9.98 Å². The van der Waals surface area contributed by atoms with Crippen molar-refractivity contribution in [3.8, 4) is 0 Å². The van der Waals surface area contributed by atoms with Gasteiger partial charge in [-0.3, -0.25) is 0 Å². The summed E-state index contributed by atoms with van der Waals surface area (Å²) in [6.45, 7) is 3.69. The van der Waals surface area contributed by atoms with Crippen LogP contribution in [0.4, 0.5) is 0 Å².